The standard InChI is InChI=1S/C22H24BrN3O7/c1-30-16-6-4-15(5-7-16)25-19(27)8-9-20(28)26-24-12-14-10-17(23)22(18(11-14)31-2)33-13-21(29)32-3/h4-7,10-12H,8-9,13H2,1-3H3,(H,25,27)(H,26,28). The highest BCUT2D eigenvalue weighted by atomic mass is 79.9. The Morgan fingerprint density at radius 1 is 1.00 bits per heavy atom. The van der Waals surface area contributed by atoms with Crippen LogP contribution in [0.1, 0.15) is 18.4 Å². The minimum atomic E-state index is -0.532. The molecule has 0 radical (unpaired) electrons. The van der Waals surface area contributed by atoms with Crippen molar-refractivity contribution in [2.75, 3.05) is 33.3 Å². The molecule has 176 valence electrons. The summed E-state index contributed by atoms with van der Waals surface area (Å²) in [5.74, 6) is 0.118. The minimum Gasteiger partial charge on any atom is -0.497 e. The van der Waals surface area contributed by atoms with Crippen LogP contribution in [0.4, 0.5) is 5.69 Å². The second kappa shape index (κ2) is 13.1. The first-order chi connectivity index (χ1) is 15.9. The number of hydrogen-bond acceptors (Lipinski definition) is 8. The smallest absolute Gasteiger partial charge is 0.343 e. The molecule has 0 bridgehead atoms. The van der Waals surface area contributed by atoms with Crippen molar-refractivity contribution < 1.29 is 33.3 Å². The van der Waals surface area contributed by atoms with E-state index in [9.17, 15) is 14.4 Å². The topological polar surface area (TPSA) is 125 Å². The van der Waals surface area contributed by atoms with Crippen LogP contribution in [0.25, 0.3) is 0 Å². The van der Waals surface area contributed by atoms with E-state index < -0.39 is 11.9 Å². The SMILES string of the molecule is COC(=O)COc1c(Br)cc(C=NNC(=O)CCC(=O)Nc2ccc(OC)cc2)cc1OC. The van der Waals surface area contributed by atoms with E-state index in [0.717, 1.165) is 0 Å². The van der Waals surface area contributed by atoms with Gasteiger partial charge in [0.25, 0.3) is 0 Å². The number of hydrogen-bond donors (Lipinski definition) is 2. The van der Waals surface area contributed by atoms with Crippen LogP contribution in [0, 0.1) is 0 Å². The highest BCUT2D eigenvalue weighted by molar-refractivity contribution is 9.10. The summed E-state index contributed by atoms with van der Waals surface area (Å²) >= 11 is 3.35. The van der Waals surface area contributed by atoms with Gasteiger partial charge in [0.1, 0.15) is 5.75 Å². The van der Waals surface area contributed by atoms with Gasteiger partial charge in [0.2, 0.25) is 11.8 Å². The molecule has 0 spiro atoms. The van der Waals surface area contributed by atoms with Crippen molar-refractivity contribution in [3.05, 3.63) is 46.4 Å². The zero-order chi connectivity index (χ0) is 24.2. The van der Waals surface area contributed by atoms with Gasteiger partial charge in [-0.25, -0.2) is 10.2 Å². The van der Waals surface area contributed by atoms with Crippen molar-refractivity contribution in [1.82, 2.24) is 5.43 Å². The molecule has 0 saturated carbocycles. The fourth-order valence-corrected chi connectivity index (χ4v) is 3.08. The Kier molecular flexibility index (Phi) is 10.2. The van der Waals surface area contributed by atoms with Crippen molar-refractivity contribution in [3.8, 4) is 17.2 Å². The molecule has 0 atom stereocenters. The van der Waals surface area contributed by atoms with Crippen LogP contribution >= 0.6 is 15.9 Å². The lowest BCUT2D eigenvalue weighted by atomic mass is 10.2. The number of nitrogens with one attached hydrogen (secondary N) is 2. The van der Waals surface area contributed by atoms with Crippen molar-refractivity contribution >= 4 is 45.6 Å². The van der Waals surface area contributed by atoms with Crippen LogP contribution in [-0.4, -0.2) is 51.9 Å². The highest BCUT2D eigenvalue weighted by Gasteiger charge is 2.13. The van der Waals surface area contributed by atoms with Gasteiger partial charge in [0, 0.05) is 18.5 Å². The molecule has 0 aromatic heterocycles. The quantitative estimate of drug-likeness (QED) is 0.264. The van der Waals surface area contributed by atoms with E-state index in [2.05, 4.69) is 36.5 Å². The summed E-state index contributed by atoms with van der Waals surface area (Å²) in [6.45, 7) is -0.277. The summed E-state index contributed by atoms with van der Waals surface area (Å²) in [5, 5.41) is 6.60. The van der Waals surface area contributed by atoms with E-state index in [4.69, 9.17) is 14.2 Å². The van der Waals surface area contributed by atoms with E-state index in [0.29, 0.717) is 33.0 Å². The maximum atomic E-state index is 12.0. The highest BCUT2D eigenvalue weighted by Crippen LogP contribution is 2.36. The Labute approximate surface area is 199 Å². The van der Waals surface area contributed by atoms with Crippen molar-refractivity contribution in [1.29, 1.82) is 0 Å². The summed E-state index contributed by atoms with van der Waals surface area (Å²) in [6, 6.07) is 10.2. The van der Waals surface area contributed by atoms with Crippen LogP contribution < -0.4 is 25.0 Å². The third-order valence-corrected chi connectivity index (χ3v) is 4.76. The molecule has 11 heteroatoms. The number of halogens is 1. The van der Waals surface area contributed by atoms with Gasteiger partial charge in [0.05, 0.1) is 32.0 Å². The summed E-state index contributed by atoms with van der Waals surface area (Å²) in [4.78, 5) is 35.3. The molecule has 0 unspecified atom stereocenters. The Morgan fingerprint density at radius 3 is 2.33 bits per heavy atom. The monoisotopic (exact) mass is 521 g/mol. The Bertz CT molecular complexity index is 1010. The average molecular weight is 522 g/mol. The molecular formula is C22H24BrN3O7. The van der Waals surface area contributed by atoms with Gasteiger partial charge in [-0.05, 0) is 57.9 Å². The molecule has 2 amide bonds. The number of amides is 2. The zero-order valence-electron chi connectivity index (χ0n) is 18.3. The molecule has 0 fully saturated rings. The summed E-state index contributed by atoms with van der Waals surface area (Å²) in [5.41, 5.74) is 3.58. The first-order valence-corrected chi connectivity index (χ1v) is 10.5. The number of carbonyl (C=O) groups excluding carboxylic acids is 3. The van der Waals surface area contributed by atoms with Crippen LogP contribution in [0.5, 0.6) is 17.2 Å². The number of rotatable bonds is 11. The summed E-state index contributed by atoms with van der Waals surface area (Å²) < 4.78 is 20.8. The molecule has 0 saturated heterocycles. The van der Waals surface area contributed by atoms with Gasteiger partial charge in [-0.3, -0.25) is 9.59 Å². The van der Waals surface area contributed by atoms with Crippen molar-refractivity contribution in [3.63, 3.8) is 0 Å². The second-order valence-corrected chi connectivity index (χ2v) is 7.32. The third kappa shape index (κ3) is 8.45. The first kappa shape index (κ1) is 25.7. The molecule has 33 heavy (non-hydrogen) atoms. The average Bonchev–Trinajstić information content (AvgIpc) is 2.82. The lowest BCUT2D eigenvalue weighted by Gasteiger charge is -2.12. The van der Waals surface area contributed by atoms with Crippen molar-refractivity contribution in [2.45, 2.75) is 12.8 Å². The molecule has 0 aliphatic rings. The van der Waals surface area contributed by atoms with E-state index in [1.54, 1.807) is 43.5 Å². The van der Waals surface area contributed by atoms with E-state index >= 15 is 0 Å². The van der Waals surface area contributed by atoms with E-state index in [-0.39, 0.29) is 25.4 Å². The maximum Gasteiger partial charge on any atom is 0.343 e. The Hall–Kier alpha value is -3.60. The maximum absolute atomic E-state index is 12.0. The van der Waals surface area contributed by atoms with Crippen LogP contribution in [0.3, 0.4) is 0 Å². The van der Waals surface area contributed by atoms with Crippen LogP contribution in [0.2, 0.25) is 0 Å². The molecule has 2 aromatic rings. The number of carbonyl (C=O) groups is 3. The van der Waals surface area contributed by atoms with Crippen molar-refractivity contribution in [2.24, 2.45) is 5.10 Å². The molecule has 0 heterocycles. The van der Waals surface area contributed by atoms with Gasteiger partial charge in [-0.1, -0.05) is 0 Å². The molecule has 0 aliphatic carbocycles. The summed E-state index contributed by atoms with van der Waals surface area (Å²) in [6.07, 6.45) is 1.37. The van der Waals surface area contributed by atoms with Gasteiger partial charge >= 0.3 is 5.97 Å². The molecule has 0 aliphatic heterocycles. The summed E-state index contributed by atoms with van der Waals surface area (Å²) in [7, 11) is 4.27. The normalized spacial score (nSPS) is 10.4. The third-order valence-electron chi connectivity index (χ3n) is 4.17. The van der Waals surface area contributed by atoms with Gasteiger partial charge in [0.15, 0.2) is 18.1 Å². The fourth-order valence-electron chi connectivity index (χ4n) is 2.50. The number of esters is 1. The van der Waals surface area contributed by atoms with Gasteiger partial charge in [-0.2, -0.15) is 5.10 Å². The Morgan fingerprint density at radius 2 is 1.70 bits per heavy atom. The van der Waals surface area contributed by atoms with Gasteiger partial charge in [-0.15, -0.1) is 0 Å². The van der Waals surface area contributed by atoms with Gasteiger partial charge < -0.3 is 24.3 Å². The number of hydrazone groups is 1. The van der Waals surface area contributed by atoms with Crippen LogP contribution in [0.15, 0.2) is 46.0 Å². The lowest BCUT2D eigenvalue weighted by molar-refractivity contribution is -0.143. The van der Waals surface area contributed by atoms with E-state index in [1.165, 1.54) is 20.4 Å². The number of ether oxygens (including phenoxy) is 4. The molecule has 2 aromatic carbocycles. The first-order valence-electron chi connectivity index (χ1n) is 9.69. The Balaban J connectivity index is 1.85. The fraction of sp³-hybridized carbons (Fsp3) is 0.273. The second-order valence-electron chi connectivity index (χ2n) is 6.47. The number of anilines is 1. The predicted octanol–water partition coefficient (Wildman–Crippen LogP) is 2.89. The van der Waals surface area contributed by atoms with Crippen LogP contribution in [-0.2, 0) is 19.1 Å². The minimum absolute atomic E-state index is 0.00101. The number of methoxy groups -OCH3 is 3. The molecule has 2 N–H and O–H groups in total. The van der Waals surface area contributed by atoms with E-state index in [1.807, 2.05) is 0 Å². The largest absolute Gasteiger partial charge is 0.497 e. The molecular weight excluding hydrogens is 498 g/mol. The molecule has 10 nitrogen and oxygen atoms in total. The lowest BCUT2D eigenvalue weighted by Crippen LogP contribution is -2.20. The predicted molar refractivity (Wildman–Crippen MR) is 125 cm³/mol. The number of nitrogens with zero attached hydrogens (tertiary/aromatic N) is 1. The molecule has 2 rings (SSSR count). The zero-order valence-corrected chi connectivity index (χ0v) is 19.9. The number of benzene rings is 2.